The van der Waals surface area contributed by atoms with Crippen molar-refractivity contribution in [3.05, 3.63) is 24.3 Å². The second-order valence-corrected chi connectivity index (χ2v) is 4.83. The average Bonchev–Trinajstić information content (AvgIpc) is 2.81. The van der Waals surface area contributed by atoms with Crippen molar-refractivity contribution >= 4 is 11.6 Å². The van der Waals surface area contributed by atoms with Crippen LogP contribution < -0.4 is 15.4 Å². The molecule has 1 atom stereocenters. The average molecular weight is 248 g/mol. The first-order chi connectivity index (χ1) is 8.65. The van der Waals surface area contributed by atoms with Gasteiger partial charge in [-0.05, 0) is 45.4 Å². The largest absolute Gasteiger partial charge is 0.491 e. The molecule has 1 amide bonds. The maximum Gasteiger partial charge on any atom is 0.241 e. The molecule has 1 unspecified atom stereocenters. The second kappa shape index (κ2) is 5.87. The molecule has 0 saturated carbocycles. The first-order valence-electron chi connectivity index (χ1n) is 6.46. The number of hydrogen-bond donors (Lipinski definition) is 2. The molecule has 18 heavy (non-hydrogen) atoms. The van der Waals surface area contributed by atoms with Gasteiger partial charge in [-0.15, -0.1) is 0 Å². The van der Waals surface area contributed by atoms with Gasteiger partial charge >= 0.3 is 0 Å². The minimum Gasteiger partial charge on any atom is -0.491 e. The molecule has 2 rings (SSSR count). The minimum atomic E-state index is -0.0559. The number of anilines is 1. The van der Waals surface area contributed by atoms with E-state index in [2.05, 4.69) is 10.6 Å². The quantitative estimate of drug-likeness (QED) is 0.858. The van der Waals surface area contributed by atoms with E-state index in [4.69, 9.17) is 4.74 Å². The highest BCUT2D eigenvalue weighted by atomic mass is 16.5. The van der Waals surface area contributed by atoms with Crippen molar-refractivity contribution in [2.75, 3.05) is 11.9 Å². The Labute approximate surface area is 108 Å². The maximum absolute atomic E-state index is 11.9. The topological polar surface area (TPSA) is 50.4 Å². The van der Waals surface area contributed by atoms with Crippen LogP contribution in [0, 0.1) is 0 Å². The Morgan fingerprint density at radius 3 is 3.00 bits per heavy atom. The summed E-state index contributed by atoms with van der Waals surface area (Å²) in [7, 11) is 0. The number of hydrogen-bond acceptors (Lipinski definition) is 3. The van der Waals surface area contributed by atoms with E-state index in [1.54, 1.807) is 0 Å². The van der Waals surface area contributed by atoms with Crippen molar-refractivity contribution in [1.29, 1.82) is 0 Å². The molecule has 0 bridgehead atoms. The van der Waals surface area contributed by atoms with Crippen LogP contribution in [0.5, 0.6) is 5.75 Å². The van der Waals surface area contributed by atoms with Crippen molar-refractivity contribution in [2.45, 2.75) is 38.8 Å². The zero-order valence-electron chi connectivity index (χ0n) is 10.9. The van der Waals surface area contributed by atoms with Crippen LogP contribution in [-0.4, -0.2) is 24.6 Å². The highest BCUT2D eigenvalue weighted by Gasteiger charge is 2.21. The lowest BCUT2D eigenvalue weighted by molar-refractivity contribution is -0.117. The normalized spacial score (nSPS) is 18.9. The van der Waals surface area contributed by atoms with Gasteiger partial charge in [-0.2, -0.15) is 0 Å². The number of amides is 1. The summed E-state index contributed by atoms with van der Waals surface area (Å²) in [6.07, 6.45) is 2.11. The molecule has 0 spiro atoms. The molecule has 1 aromatic carbocycles. The van der Waals surface area contributed by atoms with Crippen LogP contribution in [0.4, 0.5) is 5.69 Å². The molecule has 4 heteroatoms. The van der Waals surface area contributed by atoms with Crippen LogP contribution in [0.1, 0.15) is 26.7 Å². The number of rotatable bonds is 4. The van der Waals surface area contributed by atoms with E-state index in [0.29, 0.717) is 0 Å². The van der Waals surface area contributed by atoms with Crippen molar-refractivity contribution in [2.24, 2.45) is 0 Å². The van der Waals surface area contributed by atoms with E-state index >= 15 is 0 Å². The van der Waals surface area contributed by atoms with Gasteiger partial charge in [0.25, 0.3) is 0 Å². The summed E-state index contributed by atoms with van der Waals surface area (Å²) in [5.74, 6) is 0.816. The van der Waals surface area contributed by atoms with Crippen molar-refractivity contribution in [1.82, 2.24) is 5.32 Å². The predicted molar refractivity (Wildman–Crippen MR) is 71.9 cm³/mol. The van der Waals surface area contributed by atoms with Gasteiger partial charge in [0.15, 0.2) is 0 Å². The summed E-state index contributed by atoms with van der Waals surface area (Å²) in [6, 6.07) is 7.45. The zero-order valence-corrected chi connectivity index (χ0v) is 10.9. The molecule has 0 aliphatic carbocycles. The van der Waals surface area contributed by atoms with Gasteiger partial charge in [0.2, 0.25) is 5.91 Å². The molecule has 1 aliphatic heterocycles. The van der Waals surface area contributed by atoms with Gasteiger partial charge in [-0.1, -0.05) is 6.07 Å². The first kappa shape index (κ1) is 12.9. The lowest BCUT2D eigenvalue weighted by Crippen LogP contribution is -2.35. The minimum absolute atomic E-state index is 0.0363. The van der Waals surface area contributed by atoms with E-state index in [1.165, 1.54) is 0 Å². The van der Waals surface area contributed by atoms with E-state index in [0.717, 1.165) is 30.8 Å². The number of carbonyl (C=O) groups excluding carboxylic acids is 1. The lowest BCUT2D eigenvalue weighted by atomic mass is 10.2. The van der Waals surface area contributed by atoms with Crippen molar-refractivity contribution in [3.63, 3.8) is 0 Å². The monoisotopic (exact) mass is 248 g/mol. The Morgan fingerprint density at radius 2 is 2.33 bits per heavy atom. The van der Waals surface area contributed by atoms with Gasteiger partial charge in [0, 0.05) is 11.8 Å². The molecule has 0 radical (unpaired) electrons. The smallest absolute Gasteiger partial charge is 0.241 e. The first-order valence-corrected chi connectivity index (χ1v) is 6.46. The highest BCUT2D eigenvalue weighted by Crippen LogP contribution is 2.19. The van der Waals surface area contributed by atoms with E-state index in [9.17, 15) is 4.79 Å². The Bertz CT molecular complexity index is 412. The van der Waals surface area contributed by atoms with Gasteiger partial charge < -0.3 is 15.4 Å². The predicted octanol–water partition coefficient (Wildman–Crippen LogP) is 2.16. The molecular formula is C14H20N2O2. The lowest BCUT2D eigenvalue weighted by Gasteiger charge is -2.13. The van der Waals surface area contributed by atoms with Crippen molar-refractivity contribution < 1.29 is 9.53 Å². The second-order valence-electron chi connectivity index (χ2n) is 4.83. The molecule has 1 saturated heterocycles. The van der Waals surface area contributed by atoms with Crippen LogP contribution in [0.25, 0.3) is 0 Å². The summed E-state index contributed by atoms with van der Waals surface area (Å²) in [4.78, 5) is 11.9. The Kier molecular flexibility index (Phi) is 4.20. The Hall–Kier alpha value is -1.55. The molecule has 2 N–H and O–H groups in total. The van der Waals surface area contributed by atoms with Gasteiger partial charge in [0.1, 0.15) is 5.75 Å². The zero-order chi connectivity index (χ0) is 13.0. The molecule has 0 aromatic heterocycles. The number of benzene rings is 1. The maximum atomic E-state index is 11.9. The molecule has 4 nitrogen and oxygen atoms in total. The SMILES string of the molecule is CC(C)Oc1cccc(NC(=O)C2CCCN2)c1. The summed E-state index contributed by atoms with van der Waals surface area (Å²) in [6.45, 7) is 4.88. The summed E-state index contributed by atoms with van der Waals surface area (Å²) >= 11 is 0. The Balaban J connectivity index is 1.97. The van der Waals surface area contributed by atoms with E-state index < -0.39 is 0 Å². The summed E-state index contributed by atoms with van der Waals surface area (Å²) < 4.78 is 5.59. The van der Waals surface area contributed by atoms with Crippen LogP contribution in [0.2, 0.25) is 0 Å². The third-order valence-electron chi connectivity index (χ3n) is 2.85. The van der Waals surface area contributed by atoms with Gasteiger partial charge in [0.05, 0.1) is 12.1 Å². The fourth-order valence-corrected chi connectivity index (χ4v) is 2.06. The van der Waals surface area contributed by atoms with Gasteiger partial charge in [-0.3, -0.25) is 4.79 Å². The fourth-order valence-electron chi connectivity index (χ4n) is 2.06. The third-order valence-corrected chi connectivity index (χ3v) is 2.85. The molecule has 1 aliphatic rings. The Morgan fingerprint density at radius 1 is 1.50 bits per heavy atom. The molecular weight excluding hydrogens is 228 g/mol. The molecule has 1 heterocycles. The molecule has 1 fully saturated rings. The van der Waals surface area contributed by atoms with Crippen molar-refractivity contribution in [3.8, 4) is 5.75 Å². The molecule has 98 valence electrons. The van der Waals surface area contributed by atoms with Crippen LogP contribution >= 0.6 is 0 Å². The highest BCUT2D eigenvalue weighted by molar-refractivity contribution is 5.95. The number of nitrogens with one attached hydrogen (secondary N) is 2. The molecule has 1 aromatic rings. The number of ether oxygens (including phenoxy) is 1. The van der Waals surface area contributed by atoms with Crippen LogP contribution in [0.3, 0.4) is 0 Å². The van der Waals surface area contributed by atoms with E-state index in [1.807, 2.05) is 38.1 Å². The van der Waals surface area contributed by atoms with Crippen LogP contribution in [0.15, 0.2) is 24.3 Å². The fraction of sp³-hybridized carbons (Fsp3) is 0.500. The number of carbonyl (C=O) groups is 1. The van der Waals surface area contributed by atoms with E-state index in [-0.39, 0.29) is 18.1 Å². The summed E-state index contributed by atoms with van der Waals surface area (Å²) in [5, 5.41) is 6.10. The standard InChI is InChI=1S/C14H20N2O2/c1-10(2)18-12-6-3-5-11(9-12)16-14(17)13-7-4-8-15-13/h3,5-6,9-10,13,15H,4,7-8H2,1-2H3,(H,16,17). The van der Waals surface area contributed by atoms with Gasteiger partial charge in [-0.25, -0.2) is 0 Å². The summed E-state index contributed by atoms with van der Waals surface area (Å²) in [5.41, 5.74) is 0.784. The third kappa shape index (κ3) is 3.47. The van der Waals surface area contributed by atoms with Crippen LogP contribution in [-0.2, 0) is 4.79 Å².